The van der Waals surface area contributed by atoms with Gasteiger partial charge in [0, 0.05) is 45.6 Å². The smallest absolute Gasteiger partial charge is 0.222 e. The molecule has 1 saturated heterocycles. The van der Waals surface area contributed by atoms with Crippen molar-refractivity contribution in [3.8, 4) is 0 Å². The fourth-order valence-corrected chi connectivity index (χ4v) is 1.68. The van der Waals surface area contributed by atoms with Crippen molar-refractivity contribution in [3.05, 3.63) is 0 Å². The van der Waals surface area contributed by atoms with E-state index in [1.54, 1.807) is 0 Å². The molecule has 1 rings (SSSR count). The first-order valence-electron chi connectivity index (χ1n) is 5.21. The molecule has 0 spiro atoms. The van der Waals surface area contributed by atoms with E-state index in [9.17, 15) is 9.59 Å². The average molecular weight is 198 g/mol. The topological polar surface area (TPSA) is 40.6 Å². The van der Waals surface area contributed by atoms with Crippen LogP contribution in [-0.4, -0.2) is 54.7 Å². The number of amides is 1. The molecule has 0 aromatic carbocycles. The van der Waals surface area contributed by atoms with Gasteiger partial charge in [-0.1, -0.05) is 6.92 Å². The zero-order valence-electron chi connectivity index (χ0n) is 8.74. The molecule has 14 heavy (non-hydrogen) atoms. The van der Waals surface area contributed by atoms with Crippen LogP contribution in [0.1, 0.15) is 19.8 Å². The second-order valence-electron chi connectivity index (χ2n) is 3.53. The summed E-state index contributed by atoms with van der Waals surface area (Å²) in [6.45, 7) is 6.15. The highest BCUT2D eigenvalue weighted by molar-refractivity contribution is 5.75. The van der Waals surface area contributed by atoms with Crippen LogP contribution >= 0.6 is 0 Å². The lowest BCUT2D eigenvalue weighted by molar-refractivity contribution is -0.132. The summed E-state index contributed by atoms with van der Waals surface area (Å²) >= 11 is 0. The number of rotatable bonds is 4. The highest BCUT2D eigenvalue weighted by Crippen LogP contribution is 2.03. The van der Waals surface area contributed by atoms with E-state index in [1.165, 1.54) is 0 Å². The molecule has 0 N–H and O–H groups in total. The van der Waals surface area contributed by atoms with Crippen LogP contribution in [0.4, 0.5) is 0 Å². The summed E-state index contributed by atoms with van der Waals surface area (Å²) in [5.41, 5.74) is 0. The van der Waals surface area contributed by atoms with Crippen molar-refractivity contribution in [2.45, 2.75) is 19.8 Å². The van der Waals surface area contributed by atoms with E-state index in [1.807, 2.05) is 11.8 Å². The molecule has 0 bridgehead atoms. The largest absolute Gasteiger partial charge is 0.340 e. The quantitative estimate of drug-likeness (QED) is 0.603. The van der Waals surface area contributed by atoms with Crippen molar-refractivity contribution in [2.24, 2.45) is 0 Å². The molecule has 1 aliphatic heterocycles. The molecule has 0 radical (unpaired) electrons. The number of piperazine rings is 1. The minimum Gasteiger partial charge on any atom is -0.340 e. The second-order valence-corrected chi connectivity index (χ2v) is 3.53. The number of aldehydes is 1. The summed E-state index contributed by atoms with van der Waals surface area (Å²) < 4.78 is 0. The van der Waals surface area contributed by atoms with Crippen LogP contribution in [0.5, 0.6) is 0 Å². The van der Waals surface area contributed by atoms with Gasteiger partial charge in [-0.3, -0.25) is 9.69 Å². The number of nitrogens with zero attached hydrogens (tertiary/aromatic N) is 2. The third kappa shape index (κ3) is 3.10. The maximum atomic E-state index is 11.3. The lowest BCUT2D eigenvalue weighted by Gasteiger charge is -2.34. The van der Waals surface area contributed by atoms with Crippen LogP contribution in [0.15, 0.2) is 0 Å². The van der Waals surface area contributed by atoms with Gasteiger partial charge < -0.3 is 9.69 Å². The molecule has 1 aliphatic rings. The first-order valence-corrected chi connectivity index (χ1v) is 5.21. The molecule has 1 heterocycles. The van der Waals surface area contributed by atoms with Crippen LogP contribution in [0.25, 0.3) is 0 Å². The maximum Gasteiger partial charge on any atom is 0.222 e. The molecule has 0 aliphatic carbocycles. The summed E-state index contributed by atoms with van der Waals surface area (Å²) in [6.07, 6.45) is 2.14. The van der Waals surface area contributed by atoms with Gasteiger partial charge in [0.05, 0.1) is 0 Å². The van der Waals surface area contributed by atoms with Crippen molar-refractivity contribution < 1.29 is 9.59 Å². The molecule has 80 valence electrons. The fraction of sp³-hybridized carbons (Fsp3) is 0.800. The summed E-state index contributed by atoms with van der Waals surface area (Å²) in [6, 6.07) is 0. The van der Waals surface area contributed by atoms with Gasteiger partial charge in [0.2, 0.25) is 5.91 Å². The lowest BCUT2D eigenvalue weighted by atomic mass is 10.2. The van der Waals surface area contributed by atoms with Crippen LogP contribution in [0.3, 0.4) is 0 Å². The van der Waals surface area contributed by atoms with Crippen molar-refractivity contribution >= 4 is 12.2 Å². The minimum atomic E-state index is 0.236. The molecule has 1 fully saturated rings. The maximum absolute atomic E-state index is 11.3. The number of hydrogen-bond acceptors (Lipinski definition) is 3. The van der Waals surface area contributed by atoms with E-state index in [4.69, 9.17) is 0 Å². The van der Waals surface area contributed by atoms with Gasteiger partial charge in [0.25, 0.3) is 0 Å². The molecule has 1 amide bonds. The van der Waals surface area contributed by atoms with Crippen molar-refractivity contribution in [1.29, 1.82) is 0 Å². The van der Waals surface area contributed by atoms with E-state index in [2.05, 4.69) is 4.90 Å². The standard InChI is InChI=1S/C10H18N2O2/c1-2-10(14)12-7-5-11(6-8-12)4-3-9-13/h9H,2-8H2,1H3. The zero-order valence-corrected chi connectivity index (χ0v) is 8.74. The number of hydrogen-bond donors (Lipinski definition) is 0. The van der Waals surface area contributed by atoms with Crippen molar-refractivity contribution in [2.75, 3.05) is 32.7 Å². The molecule has 0 atom stereocenters. The third-order valence-corrected chi connectivity index (χ3v) is 2.59. The summed E-state index contributed by atoms with van der Waals surface area (Å²) in [7, 11) is 0. The molecule has 4 nitrogen and oxygen atoms in total. The summed E-state index contributed by atoms with van der Waals surface area (Å²) in [5, 5.41) is 0. The second kappa shape index (κ2) is 5.75. The Balaban J connectivity index is 2.24. The van der Waals surface area contributed by atoms with Crippen LogP contribution in [0, 0.1) is 0 Å². The Morgan fingerprint density at radius 1 is 1.29 bits per heavy atom. The predicted octanol–water partition coefficient (Wildman–Crippen LogP) is 0.130. The Hall–Kier alpha value is -0.900. The molecule has 0 aromatic heterocycles. The predicted molar refractivity (Wildman–Crippen MR) is 54.0 cm³/mol. The Morgan fingerprint density at radius 3 is 2.43 bits per heavy atom. The normalized spacial score (nSPS) is 18.2. The molecule has 0 aromatic rings. The molecule has 0 unspecified atom stereocenters. The van der Waals surface area contributed by atoms with Gasteiger partial charge in [-0.2, -0.15) is 0 Å². The van der Waals surface area contributed by atoms with Crippen LogP contribution < -0.4 is 0 Å². The Bertz CT molecular complexity index is 198. The molecule has 0 saturated carbocycles. The van der Waals surface area contributed by atoms with Crippen LogP contribution in [-0.2, 0) is 9.59 Å². The van der Waals surface area contributed by atoms with Crippen molar-refractivity contribution in [3.63, 3.8) is 0 Å². The van der Waals surface area contributed by atoms with E-state index >= 15 is 0 Å². The van der Waals surface area contributed by atoms with Gasteiger partial charge in [-0.05, 0) is 0 Å². The number of carbonyl (C=O) groups is 2. The van der Waals surface area contributed by atoms with Crippen molar-refractivity contribution in [1.82, 2.24) is 9.80 Å². The van der Waals surface area contributed by atoms with Gasteiger partial charge in [0.1, 0.15) is 6.29 Å². The minimum absolute atomic E-state index is 0.236. The number of carbonyl (C=O) groups excluding carboxylic acids is 2. The lowest BCUT2D eigenvalue weighted by Crippen LogP contribution is -2.48. The Kier molecular flexibility index (Phi) is 4.59. The van der Waals surface area contributed by atoms with E-state index in [0.29, 0.717) is 12.8 Å². The van der Waals surface area contributed by atoms with E-state index in [-0.39, 0.29) is 5.91 Å². The van der Waals surface area contributed by atoms with E-state index in [0.717, 1.165) is 39.0 Å². The Morgan fingerprint density at radius 2 is 1.93 bits per heavy atom. The molecular weight excluding hydrogens is 180 g/mol. The SMILES string of the molecule is CCC(=O)N1CCN(CCC=O)CC1. The fourth-order valence-electron chi connectivity index (χ4n) is 1.68. The first kappa shape index (κ1) is 11.2. The first-order chi connectivity index (χ1) is 6.77. The molecular formula is C10H18N2O2. The summed E-state index contributed by atoms with van der Waals surface area (Å²) in [5.74, 6) is 0.236. The average Bonchev–Trinajstić information content (AvgIpc) is 2.26. The highest BCUT2D eigenvalue weighted by Gasteiger charge is 2.18. The molecule has 4 heteroatoms. The van der Waals surface area contributed by atoms with Gasteiger partial charge in [-0.15, -0.1) is 0 Å². The van der Waals surface area contributed by atoms with Gasteiger partial charge in [0.15, 0.2) is 0 Å². The van der Waals surface area contributed by atoms with Gasteiger partial charge in [-0.25, -0.2) is 0 Å². The zero-order chi connectivity index (χ0) is 10.4. The van der Waals surface area contributed by atoms with Crippen LogP contribution in [0.2, 0.25) is 0 Å². The van der Waals surface area contributed by atoms with E-state index < -0.39 is 0 Å². The highest BCUT2D eigenvalue weighted by atomic mass is 16.2. The third-order valence-electron chi connectivity index (χ3n) is 2.59. The monoisotopic (exact) mass is 198 g/mol. The Labute approximate surface area is 84.9 Å². The van der Waals surface area contributed by atoms with Gasteiger partial charge >= 0.3 is 0 Å². The summed E-state index contributed by atoms with van der Waals surface area (Å²) in [4.78, 5) is 25.6.